The van der Waals surface area contributed by atoms with Gasteiger partial charge in [-0.1, -0.05) is 219 Å². The van der Waals surface area contributed by atoms with Gasteiger partial charge < -0.3 is 15.5 Å². The van der Waals surface area contributed by atoms with Gasteiger partial charge in [0.1, 0.15) is 0 Å². The van der Waals surface area contributed by atoms with Gasteiger partial charge in [-0.3, -0.25) is 4.79 Å². The van der Waals surface area contributed by atoms with Gasteiger partial charge >= 0.3 is 0 Å². The molecule has 4 heteroatoms. The van der Waals surface area contributed by atoms with Crippen molar-refractivity contribution in [3.63, 3.8) is 0 Å². The number of hydrogen-bond donors (Lipinski definition) is 3. The second kappa shape index (κ2) is 41.5. The topological polar surface area (TPSA) is 69.6 Å². The molecular weight excluding hydrogens is 602 g/mol. The summed E-state index contributed by atoms with van der Waals surface area (Å²) >= 11 is 0. The summed E-state index contributed by atoms with van der Waals surface area (Å²) in [7, 11) is 0. The Morgan fingerprint density at radius 2 is 0.776 bits per heavy atom. The average Bonchev–Trinajstić information content (AvgIpc) is 3.10. The lowest BCUT2D eigenvalue weighted by atomic mass is 10.0. The summed E-state index contributed by atoms with van der Waals surface area (Å²) < 4.78 is 0. The van der Waals surface area contributed by atoms with Crippen molar-refractivity contribution in [1.29, 1.82) is 0 Å². The maximum Gasteiger partial charge on any atom is 0.220 e. The summed E-state index contributed by atoms with van der Waals surface area (Å²) in [6, 6.07) is -0.534. The summed E-state index contributed by atoms with van der Waals surface area (Å²) in [5, 5.41) is 23.2. The number of carbonyl (C=O) groups excluding carboxylic acids is 1. The van der Waals surface area contributed by atoms with Crippen LogP contribution in [0.5, 0.6) is 0 Å². The van der Waals surface area contributed by atoms with Gasteiger partial charge in [0.05, 0.1) is 18.8 Å². The maximum absolute atomic E-state index is 12.4. The molecule has 0 rings (SSSR count). The van der Waals surface area contributed by atoms with E-state index in [2.05, 4.69) is 31.3 Å². The molecule has 0 aromatic carbocycles. The van der Waals surface area contributed by atoms with E-state index < -0.39 is 12.1 Å². The zero-order valence-electron chi connectivity index (χ0n) is 33.5. The summed E-state index contributed by atoms with van der Waals surface area (Å²) in [5.74, 6) is -0.0330. The Labute approximate surface area is 307 Å². The van der Waals surface area contributed by atoms with Crippen LogP contribution in [0.25, 0.3) is 0 Å². The van der Waals surface area contributed by atoms with Crippen molar-refractivity contribution in [2.24, 2.45) is 0 Å². The van der Waals surface area contributed by atoms with Crippen molar-refractivity contribution in [2.45, 2.75) is 264 Å². The molecule has 0 radical (unpaired) electrons. The second-order valence-electron chi connectivity index (χ2n) is 15.5. The molecule has 0 heterocycles. The highest BCUT2D eigenvalue weighted by atomic mass is 16.3. The highest BCUT2D eigenvalue weighted by Gasteiger charge is 2.20. The molecule has 1 amide bonds. The lowest BCUT2D eigenvalue weighted by molar-refractivity contribution is -0.123. The first-order valence-electron chi connectivity index (χ1n) is 22.4. The summed E-state index contributed by atoms with van der Waals surface area (Å²) in [6.07, 6.45) is 51.5. The highest BCUT2D eigenvalue weighted by molar-refractivity contribution is 5.76. The third kappa shape index (κ3) is 38.2. The van der Waals surface area contributed by atoms with Crippen LogP contribution in [0.15, 0.2) is 12.2 Å². The number of aliphatic hydroxyl groups excluding tert-OH is 2. The fraction of sp³-hybridized carbons (Fsp3) is 0.933. The van der Waals surface area contributed by atoms with Gasteiger partial charge in [-0.15, -0.1) is 0 Å². The van der Waals surface area contributed by atoms with E-state index in [0.717, 1.165) is 25.7 Å². The van der Waals surface area contributed by atoms with Crippen LogP contribution in [0.4, 0.5) is 0 Å². The van der Waals surface area contributed by atoms with E-state index in [1.807, 2.05) is 0 Å². The first-order valence-corrected chi connectivity index (χ1v) is 22.4. The normalized spacial score (nSPS) is 13.0. The van der Waals surface area contributed by atoms with Gasteiger partial charge in [0.2, 0.25) is 5.91 Å². The Balaban J connectivity index is 3.48. The number of nitrogens with one attached hydrogen (secondary N) is 1. The zero-order chi connectivity index (χ0) is 35.7. The number of aliphatic hydroxyl groups is 2. The van der Waals surface area contributed by atoms with Crippen LogP contribution in [0.2, 0.25) is 0 Å². The molecule has 0 aliphatic carbocycles. The maximum atomic E-state index is 12.4. The van der Waals surface area contributed by atoms with Crippen molar-refractivity contribution in [2.75, 3.05) is 6.61 Å². The molecule has 0 spiro atoms. The number of amides is 1. The molecule has 49 heavy (non-hydrogen) atoms. The molecule has 292 valence electrons. The zero-order valence-corrected chi connectivity index (χ0v) is 33.5. The lowest BCUT2D eigenvalue weighted by Crippen LogP contribution is -2.45. The van der Waals surface area contributed by atoms with Gasteiger partial charge in [0, 0.05) is 6.42 Å². The molecule has 2 atom stereocenters. The minimum atomic E-state index is -0.657. The molecule has 0 saturated heterocycles. The molecule has 0 saturated carbocycles. The van der Waals surface area contributed by atoms with E-state index >= 15 is 0 Å². The molecule has 3 N–H and O–H groups in total. The molecule has 0 aliphatic heterocycles. The van der Waals surface area contributed by atoms with Gasteiger partial charge in [-0.2, -0.15) is 0 Å². The smallest absolute Gasteiger partial charge is 0.220 e. The van der Waals surface area contributed by atoms with E-state index in [0.29, 0.717) is 12.8 Å². The first kappa shape index (κ1) is 48.1. The Hall–Kier alpha value is -0.870. The van der Waals surface area contributed by atoms with Crippen molar-refractivity contribution < 1.29 is 15.0 Å². The number of unbranched alkanes of at least 4 members (excludes halogenated alkanes) is 32. The SMILES string of the molecule is CCCCCCCCCCCCCC/C=C\CCCCCCCCCC(=O)NC(CO)C(O)CCCCCCCCCCCCCCCC. The molecule has 0 aromatic heterocycles. The molecule has 0 aliphatic rings. The lowest BCUT2D eigenvalue weighted by Gasteiger charge is -2.22. The fourth-order valence-corrected chi connectivity index (χ4v) is 7.06. The molecule has 0 aromatic rings. The molecule has 2 unspecified atom stereocenters. The van der Waals surface area contributed by atoms with Gasteiger partial charge in [-0.05, 0) is 38.5 Å². The Bertz CT molecular complexity index is 666. The van der Waals surface area contributed by atoms with E-state index in [1.54, 1.807) is 0 Å². The first-order chi connectivity index (χ1) is 24.2. The van der Waals surface area contributed by atoms with Crippen LogP contribution in [0, 0.1) is 0 Å². The number of rotatable bonds is 41. The molecule has 0 fully saturated rings. The second-order valence-corrected chi connectivity index (χ2v) is 15.5. The summed E-state index contributed by atoms with van der Waals surface area (Å²) in [6.45, 7) is 4.37. The Morgan fingerprint density at radius 1 is 0.469 bits per heavy atom. The Morgan fingerprint density at radius 3 is 1.12 bits per heavy atom. The van der Waals surface area contributed by atoms with Gasteiger partial charge in [-0.25, -0.2) is 0 Å². The summed E-state index contributed by atoms with van der Waals surface area (Å²) in [5.41, 5.74) is 0. The van der Waals surface area contributed by atoms with Gasteiger partial charge in [0.25, 0.3) is 0 Å². The summed E-state index contributed by atoms with van der Waals surface area (Å²) in [4.78, 5) is 12.4. The fourth-order valence-electron chi connectivity index (χ4n) is 7.06. The highest BCUT2D eigenvalue weighted by Crippen LogP contribution is 2.16. The number of hydrogen-bond acceptors (Lipinski definition) is 3. The monoisotopic (exact) mass is 692 g/mol. The third-order valence-corrected chi connectivity index (χ3v) is 10.5. The standard InChI is InChI=1S/C45H89NO3/c1-3-5-7-9-11-13-15-17-19-20-21-22-23-24-25-26-27-29-31-33-35-37-39-41-45(49)46-43(42-47)44(48)40-38-36-34-32-30-28-18-16-14-12-10-8-6-4-2/h24-25,43-44,47-48H,3-23,26-42H2,1-2H3,(H,46,49)/b25-24-. The van der Waals surface area contributed by atoms with Crippen molar-refractivity contribution in [1.82, 2.24) is 5.32 Å². The van der Waals surface area contributed by atoms with E-state index in [-0.39, 0.29) is 12.5 Å². The minimum Gasteiger partial charge on any atom is -0.394 e. The quantitative estimate of drug-likeness (QED) is 0.0441. The largest absolute Gasteiger partial charge is 0.394 e. The van der Waals surface area contributed by atoms with Crippen LogP contribution in [0.1, 0.15) is 251 Å². The predicted octanol–water partition coefficient (Wildman–Crippen LogP) is 13.9. The van der Waals surface area contributed by atoms with E-state index in [9.17, 15) is 15.0 Å². The van der Waals surface area contributed by atoms with Crippen LogP contribution in [0.3, 0.4) is 0 Å². The van der Waals surface area contributed by atoms with Gasteiger partial charge in [0.15, 0.2) is 0 Å². The molecular formula is C45H89NO3. The number of carbonyl (C=O) groups is 1. The van der Waals surface area contributed by atoms with Crippen LogP contribution < -0.4 is 5.32 Å². The van der Waals surface area contributed by atoms with E-state index in [1.165, 1.54) is 199 Å². The number of allylic oxidation sites excluding steroid dienone is 2. The van der Waals surface area contributed by atoms with Crippen molar-refractivity contribution >= 4 is 5.91 Å². The van der Waals surface area contributed by atoms with Crippen LogP contribution >= 0.6 is 0 Å². The molecule has 4 nitrogen and oxygen atoms in total. The van der Waals surface area contributed by atoms with Crippen molar-refractivity contribution in [3.8, 4) is 0 Å². The average molecular weight is 692 g/mol. The van der Waals surface area contributed by atoms with Crippen LogP contribution in [-0.2, 0) is 4.79 Å². The third-order valence-electron chi connectivity index (χ3n) is 10.5. The predicted molar refractivity (Wildman–Crippen MR) is 216 cm³/mol. The van der Waals surface area contributed by atoms with E-state index in [4.69, 9.17) is 0 Å². The Kier molecular flexibility index (Phi) is 40.8. The van der Waals surface area contributed by atoms with Crippen molar-refractivity contribution in [3.05, 3.63) is 12.2 Å². The van der Waals surface area contributed by atoms with Crippen LogP contribution in [-0.4, -0.2) is 34.9 Å². The minimum absolute atomic E-state index is 0.0330. The molecule has 0 bridgehead atoms.